The summed E-state index contributed by atoms with van der Waals surface area (Å²) in [6, 6.07) is 14.8. The highest BCUT2D eigenvalue weighted by atomic mass is 16.5. The number of esters is 1. The van der Waals surface area contributed by atoms with Crippen LogP contribution in [0.3, 0.4) is 0 Å². The highest BCUT2D eigenvalue weighted by Crippen LogP contribution is 2.42. The number of amides is 5. The molecule has 2 unspecified atom stereocenters. The Morgan fingerprint density at radius 3 is 2.59 bits per heavy atom. The minimum Gasteiger partial charge on any atom is -0.464 e. The minimum atomic E-state index is -1.10. The van der Waals surface area contributed by atoms with Crippen molar-refractivity contribution in [3.63, 3.8) is 0 Å². The normalized spacial score (nSPS) is 22.5. The average molecular weight is 943 g/mol. The number of pyridine rings is 1. The summed E-state index contributed by atoms with van der Waals surface area (Å²) in [7, 11) is 3.24. The Bertz CT molecular complexity index is 2650. The fraction of sp³-hybridized carbons (Fsp3) is 0.509. The molecule has 0 spiro atoms. The number of aryl methyl sites for hydroxylation is 1. The van der Waals surface area contributed by atoms with Crippen LogP contribution >= 0.6 is 0 Å². The number of benzene rings is 2. The van der Waals surface area contributed by atoms with Crippen LogP contribution in [0.4, 0.5) is 4.79 Å². The van der Waals surface area contributed by atoms with Crippen molar-refractivity contribution < 1.29 is 38.2 Å². The number of carbonyl (C=O) groups excluding carboxylic acids is 5. The van der Waals surface area contributed by atoms with Crippen LogP contribution in [0.1, 0.15) is 89.6 Å². The van der Waals surface area contributed by atoms with Crippen LogP contribution in [-0.2, 0) is 52.8 Å². The first kappa shape index (κ1) is 49.2. The molecule has 0 radical (unpaired) electrons. The summed E-state index contributed by atoms with van der Waals surface area (Å²) in [6.45, 7) is 12.3. The minimum absolute atomic E-state index is 0.117. The zero-order valence-electron chi connectivity index (χ0n) is 40.9. The lowest BCUT2D eigenvalue weighted by Crippen LogP contribution is -2.63. The van der Waals surface area contributed by atoms with E-state index in [0.717, 1.165) is 50.1 Å². The zero-order chi connectivity index (χ0) is 49.0. The molecule has 16 heteroatoms. The molecule has 4 aromatic rings. The first-order valence-electron chi connectivity index (χ1n) is 24.3. The van der Waals surface area contributed by atoms with E-state index in [1.54, 1.807) is 32.2 Å². The Hall–Kier alpha value is -6.28. The van der Waals surface area contributed by atoms with Crippen molar-refractivity contribution in [3.8, 4) is 34.2 Å². The van der Waals surface area contributed by atoms with Crippen molar-refractivity contribution in [2.75, 3.05) is 47.0 Å². The van der Waals surface area contributed by atoms with Crippen molar-refractivity contribution in [2.45, 2.75) is 122 Å². The molecule has 3 N–H and O–H groups in total. The Labute approximate surface area is 404 Å². The molecule has 3 saturated heterocycles. The Balaban J connectivity index is 1.16. The number of aromatic nitrogens is 2. The number of carbonyl (C=O) groups is 5. The smallest absolute Gasteiger partial charge is 0.324 e. The monoisotopic (exact) mass is 943 g/mol. The number of urea groups is 1. The van der Waals surface area contributed by atoms with E-state index < -0.39 is 53.5 Å². The molecule has 366 valence electrons. The maximum atomic E-state index is 14.8. The second-order valence-corrected chi connectivity index (χ2v) is 19.5. The van der Waals surface area contributed by atoms with Gasteiger partial charge in [0.05, 0.1) is 30.2 Å². The molecule has 69 heavy (non-hydrogen) atoms. The largest absolute Gasteiger partial charge is 0.464 e. The molecule has 4 aliphatic rings. The number of fused-ring (bicyclic) bond motifs is 6. The van der Waals surface area contributed by atoms with Crippen molar-refractivity contribution in [3.05, 3.63) is 77.6 Å². The van der Waals surface area contributed by atoms with Crippen molar-refractivity contribution >= 4 is 40.6 Å². The first-order valence-corrected chi connectivity index (χ1v) is 24.3. The van der Waals surface area contributed by atoms with E-state index in [2.05, 4.69) is 83.6 Å². The van der Waals surface area contributed by atoms with E-state index in [0.29, 0.717) is 71.3 Å². The molecule has 6 bridgehead atoms. The van der Waals surface area contributed by atoms with E-state index in [4.69, 9.17) is 19.2 Å². The van der Waals surface area contributed by atoms with Gasteiger partial charge in [-0.3, -0.25) is 29.2 Å². The summed E-state index contributed by atoms with van der Waals surface area (Å²) in [5.74, 6) is 3.47. The number of cyclic esters (lactones) is 1. The number of likely N-dealkylation sites (tertiary alicyclic amines) is 1. The molecule has 6 atom stereocenters. The predicted octanol–water partition coefficient (Wildman–Crippen LogP) is 5.56. The standard InChI is InChI=1S/C53H66N8O8/c1-8-14-45(62)59-25-22-37(31-59)55-52(66)58(6)48(44-19-13-26-68-44)49(63)56-42-28-34-15-10-16-35(27-34)36-20-21-43-39(29-36)40(47(60(43)9-2)38-17-11-23-54-46(38)33(3)67-7)30-53(4,5)32-69-51(65)41-18-12-24-61(57-41)50(42)64/h10-11,15-17,20-21,23,27,29,33,37,41-42,44,48,57H,9,12-13,18-19,22,24-26,28,30-32H2,1-7H3,(H,55,66)(H,56,63)/t33-,37-,41-,42-,44?,48?/m0/s1. The molecule has 0 aliphatic carbocycles. The highest BCUT2D eigenvalue weighted by molar-refractivity contribution is 5.96. The van der Waals surface area contributed by atoms with Gasteiger partial charge in [0.15, 0.2) is 0 Å². The van der Waals surface area contributed by atoms with Crippen LogP contribution in [0.15, 0.2) is 60.8 Å². The van der Waals surface area contributed by atoms with Gasteiger partial charge in [-0.1, -0.05) is 50.1 Å². The van der Waals surface area contributed by atoms with E-state index in [9.17, 15) is 24.0 Å². The number of hydrazine groups is 1. The summed E-state index contributed by atoms with van der Waals surface area (Å²) in [4.78, 5) is 77.7. The van der Waals surface area contributed by atoms with Gasteiger partial charge >= 0.3 is 12.0 Å². The molecule has 0 saturated carbocycles. The maximum absolute atomic E-state index is 14.8. The number of nitrogens with one attached hydrogen (secondary N) is 3. The Morgan fingerprint density at radius 2 is 1.84 bits per heavy atom. The number of likely N-dealkylation sites (N-methyl/N-ethyl adjacent to an activating group) is 1. The fourth-order valence-electron chi connectivity index (χ4n) is 10.3. The van der Waals surface area contributed by atoms with E-state index in [-0.39, 0.29) is 31.1 Å². The van der Waals surface area contributed by atoms with Gasteiger partial charge in [-0.05, 0) is 112 Å². The molecule has 2 aromatic heterocycles. The highest BCUT2D eigenvalue weighted by Gasteiger charge is 2.41. The number of hydrogen-bond donors (Lipinski definition) is 3. The van der Waals surface area contributed by atoms with E-state index >= 15 is 0 Å². The van der Waals surface area contributed by atoms with Crippen LogP contribution in [0.25, 0.3) is 33.3 Å². The van der Waals surface area contributed by atoms with E-state index in [1.165, 1.54) is 9.91 Å². The molecular formula is C53H66N8O8. The summed E-state index contributed by atoms with van der Waals surface area (Å²) >= 11 is 0. The SMILES string of the molecule is CC#CC(=O)N1CC[C@H](NC(=O)N(C)C(C(=O)N[C@H]2Cc3cccc(c3)-c3ccc4c(c3)c(c(-c3cccnc3[C@H](C)OC)n4CC)CC(C)(C)COC(=O)[C@@H]3CCCN(N3)C2=O)C2CCCO2)C1. The van der Waals surface area contributed by atoms with Crippen LogP contribution < -0.4 is 16.1 Å². The molecule has 3 fully saturated rings. The lowest BCUT2D eigenvalue weighted by atomic mass is 9.84. The van der Waals surface area contributed by atoms with E-state index in [1.807, 2.05) is 31.2 Å². The molecule has 16 nitrogen and oxygen atoms in total. The number of methoxy groups -OCH3 is 1. The van der Waals surface area contributed by atoms with Gasteiger partial charge in [0.1, 0.15) is 18.1 Å². The van der Waals surface area contributed by atoms with Crippen LogP contribution in [0.2, 0.25) is 0 Å². The molecule has 8 rings (SSSR count). The van der Waals surface area contributed by atoms with Gasteiger partial charge in [0, 0.05) is 87.5 Å². The quantitative estimate of drug-likeness (QED) is 0.142. The summed E-state index contributed by atoms with van der Waals surface area (Å²) in [5, 5.41) is 8.56. The maximum Gasteiger partial charge on any atom is 0.324 e. The third-order valence-corrected chi connectivity index (χ3v) is 14.0. The fourth-order valence-corrected chi connectivity index (χ4v) is 10.3. The molecular weight excluding hydrogens is 877 g/mol. The number of rotatable bonds is 9. The van der Waals surface area contributed by atoms with Crippen LogP contribution in [0.5, 0.6) is 0 Å². The van der Waals surface area contributed by atoms with Gasteiger partial charge in [-0.15, -0.1) is 0 Å². The Kier molecular flexibility index (Phi) is 15.1. The van der Waals surface area contributed by atoms with Crippen molar-refractivity contribution in [2.24, 2.45) is 5.41 Å². The van der Waals surface area contributed by atoms with Crippen molar-refractivity contribution in [1.29, 1.82) is 0 Å². The van der Waals surface area contributed by atoms with Crippen LogP contribution in [-0.4, -0.2) is 131 Å². The predicted molar refractivity (Wildman–Crippen MR) is 261 cm³/mol. The summed E-state index contributed by atoms with van der Waals surface area (Å²) < 4.78 is 20.4. The average Bonchev–Trinajstić information content (AvgIpc) is 4.13. The second kappa shape index (κ2) is 21.2. The lowest BCUT2D eigenvalue weighted by Gasteiger charge is -2.37. The second-order valence-electron chi connectivity index (χ2n) is 19.5. The number of hydrogen-bond acceptors (Lipinski definition) is 10. The van der Waals surface area contributed by atoms with Gasteiger partial charge in [-0.2, -0.15) is 0 Å². The topological polar surface area (TPSA) is 177 Å². The van der Waals surface area contributed by atoms with Gasteiger partial charge in [-0.25, -0.2) is 10.2 Å². The third-order valence-electron chi connectivity index (χ3n) is 14.0. The number of nitrogens with zero attached hydrogens (tertiary/aromatic N) is 5. The molecule has 6 heterocycles. The molecule has 2 aromatic carbocycles. The molecule has 5 amide bonds. The van der Waals surface area contributed by atoms with Gasteiger partial charge in [0.25, 0.3) is 11.8 Å². The Morgan fingerprint density at radius 1 is 1.03 bits per heavy atom. The summed E-state index contributed by atoms with van der Waals surface area (Å²) in [5.41, 5.74) is 10.4. The first-order chi connectivity index (χ1) is 33.2. The van der Waals surface area contributed by atoms with Crippen molar-refractivity contribution in [1.82, 2.24) is 40.4 Å². The third kappa shape index (κ3) is 10.7. The van der Waals surface area contributed by atoms with Gasteiger partial charge < -0.3 is 39.2 Å². The lowest BCUT2D eigenvalue weighted by molar-refractivity contribution is -0.155. The van der Waals surface area contributed by atoms with Gasteiger partial charge in [0.2, 0.25) is 5.91 Å². The van der Waals surface area contributed by atoms with Crippen LogP contribution in [0, 0.1) is 17.3 Å². The number of ether oxygens (including phenoxy) is 3. The molecule has 4 aliphatic heterocycles. The summed E-state index contributed by atoms with van der Waals surface area (Å²) in [6.07, 6.45) is 4.39. The zero-order valence-corrected chi connectivity index (χ0v) is 40.9.